The van der Waals surface area contributed by atoms with Crippen LogP contribution in [0.5, 0.6) is 0 Å². The zero-order valence-corrected chi connectivity index (χ0v) is 8.02. The van der Waals surface area contributed by atoms with Crippen molar-refractivity contribution in [3.05, 3.63) is 32.7 Å². The molecule has 15 heavy (non-hydrogen) atoms. The van der Waals surface area contributed by atoms with Gasteiger partial charge in [-0.15, -0.1) is 0 Å². The second-order valence-corrected chi connectivity index (χ2v) is 3.34. The first kappa shape index (κ1) is 10.9. The smallest absolute Gasteiger partial charge is 0.346 e. The third kappa shape index (κ3) is 2.62. The molecule has 0 spiro atoms. The van der Waals surface area contributed by atoms with Gasteiger partial charge >= 0.3 is 11.0 Å². The van der Waals surface area contributed by atoms with Crippen LogP contribution in [0.3, 0.4) is 0 Å². The number of nitriles is 1. The molecule has 6 nitrogen and oxygen atoms in total. The normalized spacial score (nSPS) is 10.7. The van der Waals surface area contributed by atoms with Crippen LogP contribution in [0, 0.1) is 21.4 Å². The molecule has 1 rings (SSSR count). The van der Waals surface area contributed by atoms with E-state index >= 15 is 0 Å². The van der Waals surface area contributed by atoms with Crippen LogP contribution >= 0.6 is 11.3 Å². The number of aliphatic carboxylic acids is 1. The summed E-state index contributed by atoms with van der Waals surface area (Å²) in [6.45, 7) is 0. The second-order valence-electron chi connectivity index (χ2n) is 2.45. The third-order valence-electron chi connectivity index (χ3n) is 1.45. The molecule has 0 aromatic carbocycles. The first-order chi connectivity index (χ1) is 7.04. The van der Waals surface area contributed by atoms with E-state index in [1.54, 1.807) is 0 Å². The number of rotatable bonds is 3. The third-order valence-corrected chi connectivity index (χ3v) is 2.35. The van der Waals surface area contributed by atoms with Crippen LogP contribution in [0.2, 0.25) is 0 Å². The van der Waals surface area contributed by atoms with Gasteiger partial charge < -0.3 is 5.11 Å². The van der Waals surface area contributed by atoms with Crippen molar-refractivity contribution in [3.8, 4) is 6.07 Å². The molecule has 7 heteroatoms. The van der Waals surface area contributed by atoms with Gasteiger partial charge in [0.15, 0.2) is 0 Å². The molecule has 1 aromatic rings. The molecule has 0 aliphatic heterocycles. The molecule has 0 aliphatic rings. The van der Waals surface area contributed by atoms with Gasteiger partial charge in [0, 0.05) is 11.4 Å². The zero-order valence-electron chi connectivity index (χ0n) is 7.21. The fourth-order valence-electron chi connectivity index (χ4n) is 0.819. The van der Waals surface area contributed by atoms with Crippen LogP contribution in [0.15, 0.2) is 17.0 Å². The summed E-state index contributed by atoms with van der Waals surface area (Å²) in [4.78, 5) is 20.2. The van der Waals surface area contributed by atoms with E-state index in [0.29, 0.717) is 5.56 Å². The van der Waals surface area contributed by atoms with Gasteiger partial charge in [0.1, 0.15) is 11.6 Å². The fourth-order valence-corrected chi connectivity index (χ4v) is 1.50. The molecular formula is C8H4N2O4S. The van der Waals surface area contributed by atoms with Gasteiger partial charge in [0.05, 0.1) is 4.92 Å². The molecule has 0 saturated heterocycles. The van der Waals surface area contributed by atoms with Crippen molar-refractivity contribution < 1.29 is 14.8 Å². The van der Waals surface area contributed by atoms with Gasteiger partial charge in [-0.25, -0.2) is 4.79 Å². The van der Waals surface area contributed by atoms with Crippen LogP contribution in [0.4, 0.5) is 5.00 Å². The van der Waals surface area contributed by atoms with E-state index in [1.807, 2.05) is 0 Å². The maximum absolute atomic E-state index is 10.5. The van der Waals surface area contributed by atoms with Gasteiger partial charge in [-0.3, -0.25) is 10.1 Å². The Morgan fingerprint density at radius 1 is 1.73 bits per heavy atom. The summed E-state index contributed by atoms with van der Waals surface area (Å²) < 4.78 is 0. The number of nitro groups is 1. The molecule has 0 unspecified atom stereocenters. The van der Waals surface area contributed by atoms with Crippen molar-refractivity contribution in [1.29, 1.82) is 5.26 Å². The Bertz CT molecular complexity index is 483. The van der Waals surface area contributed by atoms with Gasteiger partial charge in [0.25, 0.3) is 0 Å². The molecule has 1 aromatic heterocycles. The maximum atomic E-state index is 10.5. The van der Waals surface area contributed by atoms with E-state index in [9.17, 15) is 14.9 Å². The zero-order chi connectivity index (χ0) is 11.4. The number of carbonyl (C=O) groups is 1. The Morgan fingerprint density at radius 2 is 2.40 bits per heavy atom. The van der Waals surface area contributed by atoms with Gasteiger partial charge in [-0.1, -0.05) is 11.3 Å². The monoisotopic (exact) mass is 224 g/mol. The highest BCUT2D eigenvalue weighted by atomic mass is 32.1. The molecule has 0 fully saturated rings. The van der Waals surface area contributed by atoms with Crippen molar-refractivity contribution in [1.82, 2.24) is 0 Å². The second kappa shape index (κ2) is 4.34. The summed E-state index contributed by atoms with van der Waals surface area (Å²) >= 11 is 0.876. The summed E-state index contributed by atoms with van der Waals surface area (Å²) in [5.41, 5.74) is -0.117. The fraction of sp³-hybridized carbons (Fsp3) is 0. The Labute approximate surface area is 87.8 Å². The Kier molecular flexibility index (Phi) is 3.15. The van der Waals surface area contributed by atoms with Crippen molar-refractivity contribution in [2.24, 2.45) is 0 Å². The number of thiophene rings is 1. The van der Waals surface area contributed by atoms with Crippen LogP contribution in [0.1, 0.15) is 5.56 Å². The maximum Gasteiger partial charge on any atom is 0.346 e. The molecule has 76 valence electrons. The lowest BCUT2D eigenvalue weighted by Crippen LogP contribution is -1.96. The quantitative estimate of drug-likeness (QED) is 0.363. The minimum atomic E-state index is -1.36. The highest BCUT2D eigenvalue weighted by molar-refractivity contribution is 7.13. The minimum absolute atomic E-state index is 0.0936. The van der Waals surface area contributed by atoms with Gasteiger partial charge in [-0.2, -0.15) is 5.26 Å². The lowest BCUT2D eigenvalue weighted by atomic mass is 10.2. The van der Waals surface area contributed by atoms with E-state index in [4.69, 9.17) is 10.4 Å². The van der Waals surface area contributed by atoms with Gasteiger partial charge in [-0.05, 0) is 11.6 Å². The number of hydrogen-bond donors (Lipinski definition) is 1. The summed E-state index contributed by atoms with van der Waals surface area (Å²) in [5.74, 6) is -1.36. The first-order valence-corrected chi connectivity index (χ1v) is 4.50. The largest absolute Gasteiger partial charge is 0.477 e. The number of carboxylic acid groups (broad SMARTS) is 1. The first-order valence-electron chi connectivity index (χ1n) is 3.62. The van der Waals surface area contributed by atoms with E-state index in [-0.39, 0.29) is 5.00 Å². The SMILES string of the molecule is N#C/C(=C\c1csc([N+](=O)[O-])c1)C(=O)O. The van der Waals surface area contributed by atoms with E-state index in [0.717, 1.165) is 17.4 Å². The molecule has 0 bridgehead atoms. The van der Waals surface area contributed by atoms with E-state index < -0.39 is 16.5 Å². The highest BCUT2D eigenvalue weighted by Crippen LogP contribution is 2.24. The van der Waals surface area contributed by atoms with Crippen LogP contribution < -0.4 is 0 Å². The van der Waals surface area contributed by atoms with Crippen LogP contribution in [-0.2, 0) is 4.79 Å². The predicted molar refractivity (Wildman–Crippen MR) is 52.2 cm³/mol. The summed E-state index contributed by atoms with van der Waals surface area (Å²) in [5, 5.41) is 28.6. The molecule has 0 atom stereocenters. The van der Waals surface area contributed by atoms with E-state index in [2.05, 4.69) is 0 Å². The molecule has 0 amide bonds. The average Bonchev–Trinajstić information content (AvgIpc) is 2.61. The summed E-state index contributed by atoms with van der Waals surface area (Å²) in [6, 6.07) is 2.70. The van der Waals surface area contributed by atoms with Crippen molar-refractivity contribution in [2.75, 3.05) is 0 Å². The van der Waals surface area contributed by atoms with E-state index in [1.165, 1.54) is 17.5 Å². The number of nitrogens with zero attached hydrogens (tertiary/aromatic N) is 2. The van der Waals surface area contributed by atoms with Gasteiger partial charge in [0.2, 0.25) is 0 Å². The summed E-state index contributed by atoms with van der Waals surface area (Å²) in [6.07, 6.45) is 1.09. The molecule has 0 radical (unpaired) electrons. The minimum Gasteiger partial charge on any atom is -0.477 e. The number of hydrogen-bond acceptors (Lipinski definition) is 5. The lowest BCUT2D eigenvalue weighted by molar-refractivity contribution is -0.380. The average molecular weight is 224 g/mol. The Hall–Kier alpha value is -2.20. The molecule has 0 saturated carbocycles. The predicted octanol–water partition coefficient (Wildman–Crippen LogP) is 1.65. The standard InChI is InChI=1S/C8H4N2O4S/c9-3-6(8(11)12)1-5-2-7(10(13)14)15-4-5/h1-2,4H,(H,11,12)/b6-1+. The summed E-state index contributed by atoms with van der Waals surface area (Å²) in [7, 11) is 0. The molecule has 1 heterocycles. The Balaban J connectivity index is 3.04. The molecule has 1 N–H and O–H groups in total. The molecule has 0 aliphatic carbocycles. The van der Waals surface area contributed by atoms with Crippen LogP contribution in [-0.4, -0.2) is 16.0 Å². The topological polar surface area (TPSA) is 104 Å². The Morgan fingerprint density at radius 3 is 2.80 bits per heavy atom. The van der Waals surface area contributed by atoms with Crippen molar-refractivity contribution in [2.45, 2.75) is 0 Å². The van der Waals surface area contributed by atoms with Crippen molar-refractivity contribution >= 4 is 28.4 Å². The van der Waals surface area contributed by atoms with Crippen molar-refractivity contribution in [3.63, 3.8) is 0 Å². The highest BCUT2D eigenvalue weighted by Gasteiger charge is 2.11. The number of carboxylic acids is 1. The lowest BCUT2D eigenvalue weighted by Gasteiger charge is -1.86. The molecular weight excluding hydrogens is 220 g/mol. The van der Waals surface area contributed by atoms with Crippen LogP contribution in [0.25, 0.3) is 6.08 Å².